The number of hydrogen-bond acceptors (Lipinski definition) is 6. The summed E-state index contributed by atoms with van der Waals surface area (Å²) in [5.41, 5.74) is 0.398. The predicted molar refractivity (Wildman–Crippen MR) is 113 cm³/mol. The van der Waals surface area contributed by atoms with Gasteiger partial charge in [0.1, 0.15) is 11.4 Å². The van der Waals surface area contributed by atoms with E-state index in [1.54, 1.807) is 7.11 Å². The number of rotatable bonds is 7. The molecule has 1 aromatic carbocycles. The van der Waals surface area contributed by atoms with Crippen LogP contribution in [0.5, 0.6) is 5.75 Å². The first-order valence-corrected chi connectivity index (χ1v) is 9.92. The van der Waals surface area contributed by atoms with E-state index in [1.165, 1.54) is 0 Å². The second kappa shape index (κ2) is 8.94. The third-order valence-corrected chi connectivity index (χ3v) is 5.00. The quantitative estimate of drug-likeness (QED) is 0.553. The van der Waals surface area contributed by atoms with Gasteiger partial charge >= 0.3 is 13.2 Å². The van der Waals surface area contributed by atoms with E-state index < -0.39 is 30.0 Å². The molecule has 1 heterocycles. The van der Waals surface area contributed by atoms with Crippen molar-refractivity contribution in [3.63, 3.8) is 0 Å². The summed E-state index contributed by atoms with van der Waals surface area (Å²) in [6.45, 7) is 14.1. The Kier molecular flexibility index (Phi) is 7.25. The maximum Gasteiger partial charge on any atom is 0.498 e. The van der Waals surface area contributed by atoms with Crippen molar-refractivity contribution in [1.29, 1.82) is 0 Å². The van der Waals surface area contributed by atoms with Crippen LogP contribution in [-0.4, -0.2) is 50.5 Å². The molecule has 1 aliphatic rings. The maximum atomic E-state index is 11.8. The fraction of sp³-hybridized carbons (Fsp3) is 0.667. The van der Waals surface area contributed by atoms with Crippen molar-refractivity contribution in [2.24, 2.45) is 0 Å². The molecule has 2 rings (SSSR count). The smallest absolute Gasteiger partial charge is 0.468 e. The maximum absolute atomic E-state index is 11.8. The molecule has 0 aromatic heterocycles. The lowest BCUT2D eigenvalue weighted by molar-refractivity contribution is 0.00578. The zero-order chi connectivity index (χ0) is 21.9. The van der Waals surface area contributed by atoms with Crippen molar-refractivity contribution in [2.75, 3.05) is 20.4 Å². The van der Waals surface area contributed by atoms with E-state index in [9.17, 15) is 4.79 Å². The number of ether oxygens (including phenoxy) is 3. The summed E-state index contributed by atoms with van der Waals surface area (Å²) in [6.07, 6.45) is 0.208. The van der Waals surface area contributed by atoms with E-state index in [0.717, 1.165) is 11.0 Å². The first kappa shape index (κ1) is 23.5. The van der Waals surface area contributed by atoms with Crippen LogP contribution in [-0.2, 0) is 25.2 Å². The molecule has 162 valence electrons. The molecular weight excluding hydrogens is 373 g/mol. The van der Waals surface area contributed by atoms with Gasteiger partial charge < -0.3 is 28.8 Å². The highest BCUT2D eigenvalue weighted by Gasteiger charge is 2.52. The second-order valence-corrected chi connectivity index (χ2v) is 9.19. The Hall–Kier alpha value is -1.77. The minimum atomic E-state index is -0.550. The third kappa shape index (κ3) is 6.36. The predicted octanol–water partition coefficient (Wildman–Crippen LogP) is 3.04. The van der Waals surface area contributed by atoms with Gasteiger partial charge in [0.25, 0.3) is 0 Å². The number of hydrogen-bond donors (Lipinski definition) is 1. The van der Waals surface area contributed by atoms with E-state index in [-0.39, 0.29) is 6.79 Å². The van der Waals surface area contributed by atoms with Gasteiger partial charge in [0, 0.05) is 19.1 Å². The average Bonchev–Trinajstić information content (AvgIpc) is 2.79. The number of nitrogens with one attached hydrogen (secondary N) is 1. The monoisotopic (exact) mass is 407 g/mol. The minimum absolute atomic E-state index is 0.131. The van der Waals surface area contributed by atoms with Crippen molar-refractivity contribution in [1.82, 2.24) is 5.32 Å². The lowest BCUT2D eigenvalue weighted by Gasteiger charge is -2.32. The van der Waals surface area contributed by atoms with Crippen molar-refractivity contribution in [3.8, 4) is 5.75 Å². The molecule has 0 radical (unpaired) electrons. The van der Waals surface area contributed by atoms with E-state index in [0.29, 0.717) is 18.7 Å². The molecule has 0 atom stereocenters. The lowest BCUT2D eigenvalue weighted by atomic mass is 9.77. The van der Waals surface area contributed by atoms with Crippen LogP contribution >= 0.6 is 0 Å². The Balaban J connectivity index is 2.12. The molecule has 0 spiro atoms. The van der Waals surface area contributed by atoms with Gasteiger partial charge in [-0.2, -0.15) is 0 Å². The molecule has 29 heavy (non-hydrogen) atoms. The summed E-state index contributed by atoms with van der Waals surface area (Å²) < 4.78 is 28.4. The zero-order valence-electron chi connectivity index (χ0n) is 18.9. The molecular formula is C21H34BNO6. The molecule has 0 unspecified atom stereocenters. The number of methoxy groups -OCH3 is 1. The Morgan fingerprint density at radius 3 is 2.31 bits per heavy atom. The van der Waals surface area contributed by atoms with E-state index in [1.807, 2.05) is 66.7 Å². The van der Waals surface area contributed by atoms with Crippen molar-refractivity contribution in [2.45, 2.75) is 71.7 Å². The van der Waals surface area contributed by atoms with E-state index in [2.05, 4.69) is 5.32 Å². The van der Waals surface area contributed by atoms with Gasteiger partial charge in [-0.15, -0.1) is 0 Å². The van der Waals surface area contributed by atoms with Crippen LogP contribution in [0.15, 0.2) is 18.2 Å². The van der Waals surface area contributed by atoms with Gasteiger partial charge in [0.2, 0.25) is 0 Å². The van der Waals surface area contributed by atoms with Crippen LogP contribution in [0.2, 0.25) is 0 Å². The first-order chi connectivity index (χ1) is 13.3. The van der Waals surface area contributed by atoms with E-state index in [4.69, 9.17) is 23.5 Å². The number of alkyl carbamates (subject to hydrolysis) is 1. The molecule has 1 saturated heterocycles. The number of carbonyl (C=O) groups is 1. The Labute approximate surface area is 174 Å². The number of carbonyl (C=O) groups excluding carboxylic acids is 1. The minimum Gasteiger partial charge on any atom is -0.468 e. The highest BCUT2D eigenvalue weighted by Crippen LogP contribution is 2.37. The zero-order valence-corrected chi connectivity index (χ0v) is 18.9. The van der Waals surface area contributed by atoms with Crippen LogP contribution in [0.4, 0.5) is 4.79 Å². The van der Waals surface area contributed by atoms with Gasteiger partial charge in [-0.05, 0) is 66.5 Å². The summed E-state index contributed by atoms with van der Waals surface area (Å²) in [7, 11) is 1.02. The summed E-state index contributed by atoms with van der Waals surface area (Å²) in [5, 5.41) is 2.78. The average molecular weight is 407 g/mol. The van der Waals surface area contributed by atoms with Crippen molar-refractivity contribution < 1.29 is 28.3 Å². The second-order valence-electron chi connectivity index (χ2n) is 9.19. The SMILES string of the molecule is COCOc1ccc(CCNC(=O)OC(C)(C)C)cc1B1OC(C)(C)C(C)(C)O1. The van der Waals surface area contributed by atoms with E-state index >= 15 is 0 Å². The third-order valence-electron chi connectivity index (χ3n) is 5.00. The Morgan fingerprint density at radius 2 is 1.76 bits per heavy atom. The molecule has 7 nitrogen and oxygen atoms in total. The molecule has 0 bridgehead atoms. The van der Waals surface area contributed by atoms with Crippen molar-refractivity contribution in [3.05, 3.63) is 23.8 Å². The van der Waals surface area contributed by atoms with Crippen molar-refractivity contribution >= 4 is 18.7 Å². The molecule has 0 aliphatic carbocycles. The van der Waals surface area contributed by atoms with Crippen LogP contribution in [0, 0.1) is 0 Å². The van der Waals surface area contributed by atoms with Gasteiger partial charge in [-0.3, -0.25) is 0 Å². The molecule has 1 fully saturated rings. The van der Waals surface area contributed by atoms with Crippen LogP contribution in [0.25, 0.3) is 0 Å². The summed E-state index contributed by atoms with van der Waals surface area (Å²) in [5.74, 6) is 0.647. The Bertz CT molecular complexity index is 698. The first-order valence-electron chi connectivity index (χ1n) is 9.92. The van der Waals surface area contributed by atoms with Gasteiger partial charge in [-0.25, -0.2) is 4.79 Å². The van der Waals surface area contributed by atoms with Crippen LogP contribution < -0.4 is 15.5 Å². The molecule has 1 amide bonds. The number of benzene rings is 1. The van der Waals surface area contributed by atoms with Gasteiger partial charge in [0.05, 0.1) is 11.2 Å². The van der Waals surface area contributed by atoms with Crippen LogP contribution in [0.1, 0.15) is 54.0 Å². The highest BCUT2D eigenvalue weighted by atomic mass is 16.7. The fourth-order valence-electron chi connectivity index (χ4n) is 2.78. The Morgan fingerprint density at radius 1 is 1.14 bits per heavy atom. The fourth-order valence-corrected chi connectivity index (χ4v) is 2.78. The van der Waals surface area contributed by atoms with Gasteiger partial charge in [0.15, 0.2) is 6.79 Å². The molecule has 0 saturated carbocycles. The number of amides is 1. The largest absolute Gasteiger partial charge is 0.498 e. The standard InChI is InChI=1S/C21H34BNO6/c1-19(2,3)27-18(24)23-12-11-15-9-10-17(26-14-25-8)16(13-15)22-28-20(4,5)21(6,7)29-22/h9-10,13H,11-12,14H2,1-8H3,(H,23,24). The van der Waals surface area contributed by atoms with Crippen LogP contribution in [0.3, 0.4) is 0 Å². The summed E-state index contributed by atoms with van der Waals surface area (Å²) >= 11 is 0. The lowest BCUT2D eigenvalue weighted by Crippen LogP contribution is -2.41. The summed E-state index contributed by atoms with van der Waals surface area (Å²) in [6, 6.07) is 5.82. The normalized spacial score (nSPS) is 17.9. The summed E-state index contributed by atoms with van der Waals surface area (Å²) in [4.78, 5) is 11.8. The topological polar surface area (TPSA) is 75.3 Å². The molecule has 8 heteroatoms. The highest BCUT2D eigenvalue weighted by molar-refractivity contribution is 6.63. The molecule has 1 aromatic rings. The molecule has 1 aliphatic heterocycles. The van der Waals surface area contributed by atoms with Gasteiger partial charge in [-0.1, -0.05) is 12.1 Å². The molecule has 1 N–H and O–H groups in total.